The van der Waals surface area contributed by atoms with Crippen LogP contribution >= 0.6 is 0 Å². The first-order valence-corrected chi connectivity index (χ1v) is 6.80. The van der Waals surface area contributed by atoms with E-state index in [-0.39, 0.29) is 11.4 Å². The van der Waals surface area contributed by atoms with Gasteiger partial charge in [0.05, 0.1) is 19.1 Å². The highest BCUT2D eigenvalue weighted by molar-refractivity contribution is 5.80. The fourth-order valence-electron chi connectivity index (χ4n) is 2.83. The van der Waals surface area contributed by atoms with E-state index in [9.17, 15) is 4.79 Å². The summed E-state index contributed by atoms with van der Waals surface area (Å²) in [6.45, 7) is 1.45. The molecule has 0 radical (unpaired) electrons. The quantitative estimate of drug-likeness (QED) is 0.884. The van der Waals surface area contributed by atoms with Gasteiger partial charge in [0.25, 0.3) is 0 Å². The first-order valence-electron chi connectivity index (χ1n) is 6.80. The van der Waals surface area contributed by atoms with Crippen LogP contribution in [-0.2, 0) is 11.2 Å². The second-order valence-corrected chi connectivity index (χ2v) is 5.79. The number of rotatable bonds is 4. The highest BCUT2D eigenvalue weighted by atomic mass is 16.5. The number of amides is 1. The molecule has 1 heterocycles. The van der Waals surface area contributed by atoms with Crippen molar-refractivity contribution >= 4 is 5.91 Å². The van der Waals surface area contributed by atoms with Crippen molar-refractivity contribution in [3.05, 3.63) is 29.8 Å². The van der Waals surface area contributed by atoms with E-state index in [2.05, 4.69) is 0 Å². The van der Waals surface area contributed by atoms with E-state index < -0.39 is 0 Å². The summed E-state index contributed by atoms with van der Waals surface area (Å²) in [4.78, 5) is 14.0. The topological polar surface area (TPSA) is 55.6 Å². The Labute approximate surface area is 113 Å². The molecule has 102 valence electrons. The molecule has 0 aromatic heterocycles. The highest BCUT2D eigenvalue weighted by Crippen LogP contribution is 2.43. The van der Waals surface area contributed by atoms with Crippen molar-refractivity contribution in [3.63, 3.8) is 0 Å². The number of nitrogens with zero attached hydrogens (tertiary/aromatic N) is 1. The standard InChI is InChI=1S/C15H20N2O2/c1-19-13-4-2-3-11(7-13)8-14(18)17-9-15(16,10-17)12-5-6-12/h2-4,7,12H,5-6,8-10,16H2,1H3. The fourth-order valence-corrected chi connectivity index (χ4v) is 2.83. The van der Waals surface area contributed by atoms with E-state index in [0.717, 1.165) is 24.4 Å². The number of ether oxygens (including phenoxy) is 1. The van der Waals surface area contributed by atoms with Crippen molar-refractivity contribution in [2.45, 2.75) is 24.8 Å². The third kappa shape index (κ3) is 2.45. The zero-order valence-corrected chi connectivity index (χ0v) is 11.3. The molecule has 2 N–H and O–H groups in total. The average Bonchev–Trinajstić information content (AvgIpc) is 3.19. The zero-order valence-electron chi connectivity index (χ0n) is 11.3. The molecule has 0 bridgehead atoms. The number of carbonyl (C=O) groups is 1. The molecule has 0 unspecified atom stereocenters. The molecule has 2 fully saturated rings. The number of nitrogens with two attached hydrogens (primary N) is 1. The normalized spacial score (nSPS) is 20.8. The van der Waals surface area contributed by atoms with Crippen molar-refractivity contribution in [2.75, 3.05) is 20.2 Å². The molecule has 4 nitrogen and oxygen atoms in total. The molecule has 1 aromatic carbocycles. The van der Waals surface area contributed by atoms with Gasteiger partial charge in [0, 0.05) is 13.1 Å². The SMILES string of the molecule is COc1cccc(CC(=O)N2CC(N)(C3CC3)C2)c1. The van der Waals surface area contributed by atoms with Crippen LogP contribution in [0.1, 0.15) is 18.4 Å². The monoisotopic (exact) mass is 260 g/mol. The van der Waals surface area contributed by atoms with Crippen molar-refractivity contribution in [1.29, 1.82) is 0 Å². The lowest BCUT2D eigenvalue weighted by Crippen LogP contribution is -2.70. The molecule has 19 heavy (non-hydrogen) atoms. The van der Waals surface area contributed by atoms with Gasteiger partial charge in [-0.3, -0.25) is 4.79 Å². The van der Waals surface area contributed by atoms with Gasteiger partial charge in [-0.1, -0.05) is 12.1 Å². The highest BCUT2D eigenvalue weighted by Gasteiger charge is 2.51. The van der Waals surface area contributed by atoms with Gasteiger partial charge < -0.3 is 15.4 Å². The van der Waals surface area contributed by atoms with Crippen LogP contribution in [-0.4, -0.2) is 36.5 Å². The summed E-state index contributed by atoms with van der Waals surface area (Å²) in [5.74, 6) is 1.60. The Balaban J connectivity index is 1.57. The van der Waals surface area contributed by atoms with Gasteiger partial charge in [0.2, 0.25) is 5.91 Å². The lowest BCUT2D eigenvalue weighted by molar-refractivity contribution is -0.138. The van der Waals surface area contributed by atoms with Crippen LogP contribution in [0, 0.1) is 5.92 Å². The van der Waals surface area contributed by atoms with Crippen LogP contribution in [0.4, 0.5) is 0 Å². The van der Waals surface area contributed by atoms with Crippen molar-refractivity contribution in [3.8, 4) is 5.75 Å². The summed E-state index contributed by atoms with van der Waals surface area (Å²) in [6, 6.07) is 7.66. The minimum atomic E-state index is -0.0932. The summed E-state index contributed by atoms with van der Waals surface area (Å²) >= 11 is 0. The van der Waals surface area contributed by atoms with Crippen molar-refractivity contribution < 1.29 is 9.53 Å². The number of carbonyl (C=O) groups excluding carboxylic acids is 1. The predicted molar refractivity (Wildman–Crippen MR) is 72.9 cm³/mol. The van der Waals surface area contributed by atoms with Gasteiger partial charge in [-0.05, 0) is 36.5 Å². The third-order valence-corrected chi connectivity index (χ3v) is 4.20. The van der Waals surface area contributed by atoms with Gasteiger partial charge in [-0.2, -0.15) is 0 Å². The van der Waals surface area contributed by atoms with E-state index in [1.165, 1.54) is 12.8 Å². The fraction of sp³-hybridized carbons (Fsp3) is 0.533. The van der Waals surface area contributed by atoms with E-state index in [0.29, 0.717) is 12.3 Å². The lowest BCUT2D eigenvalue weighted by Gasteiger charge is -2.48. The Kier molecular flexibility index (Phi) is 2.97. The molecule has 1 saturated carbocycles. The molecule has 3 rings (SSSR count). The molecule has 4 heteroatoms. The van der Waals surface area contributed by atoms with Crippen LogP contribution in [0.3, 0.4) is 0 Å². The average molecular weight is 260 g/mol. The van der Waals surface area contributed by atoms with E-state index in [4.69, 9.17) is 10.5 Å². The van der Waals surface area contributed by atoms with Gasteiger partial charge >= 0.3 is 0 Å². The Bertz CT molecular complexity index is 491. The van der Waals surface area contributed by atoms with Gasteiger partial charge in [-0.25, -0.2) is 0 Å². The van der Waals surface area contributed by atoms with Crippen LogP contribution in [0.15, 0.2) is 24.3 Å². The molecule has 1 aromatic rings. The van der Waals surface area contributed by atoms with E-state index >= 15 is 0 Å². The lowest BCUT2D eigenvalue weighted by atomic mass is 9.85. The molecule has 0 spiro atoms. The maximum Gasteiger partial charge on any atom is 0.227 e. The zero-order chi connectivity index (χ0) is 13.5. The van der Waals surface area contributed by atoms with Gasteiger partial charge in [0.15, 0.2) is 0 Å². The Hall–Kier alpha value is -1.55. The minimum Gasteiger partial charge on any atom is -0.497 e. The molecule has 2 aliphatic rings. The van der Waals surface area contributed by atoms with Crippen LogP contribution in [0.2, 0.25) is 0 Å². The van der Waals surface area contributed by atoms with Gasteiger partial charge in [0.1, 0.15) is 5.75 Å². The summed E-state index contributed by atoms with van der Waals surface area (Å²) in [7, 11) is 1.63. The van der Waals surface area contributed by atoms with Gasteiger partial charge in [-0.15, -0.1) is 0 Å². The van der Waals surface area contributed by atoms with Crippen LogP contribution in [0.5, 0.6) is 5.75 Å². The van der Waals surface area contributed by atoms with Crippen molar-refractivity contribution in [1.82, 2.24) is 4.90 Å². The number of hydrogen-bond donors (Lipinski definition) is 1. The summed E-state index contributed by atoms with van der Waals surface area (Å²) < 4.78 is 5.17. The Morgan fingerprint density at radius 1 is 1.47 bits per heavy atom. The molecule has 1 aliphatic carbocycles. The molecular formula is C15H20N2O2. The maximum atomic E-state index is 12.2. The summed E-state index contributed by atoms with van der Waals surface area (Å²) in [6.07, 6.45) is 2.89. The summed E-state index contributed by atoms with van der Waals surface area (Å²) in [5.41, 5.74) is 7.16. The molecular weight excluding hydrogens is 240 g/mol. The molecule has 0 atom stereocenters. The predicted octanol–water partition coefficient (Wildman–Crippen LogP) is 1.19. The number of methoxy groups -OCH3 is 1. The number of likely N-dealkylation sites (tertiary alicyclic amines) is 1. The van der Waals surface area contributed by atoms with E-state index in [1.807, 2.05) is 29.2 Å². The summed E-state index contributed by atoms with van der Waals surface area (Å²) in [5, 5.41) is 0. The third-order valence-electron chi connectivity index (χ3n) is 4.20. The van der Waals surface area contributed by atoms with E-state index in [1.54, 1.807) is 7.11 Å². The Morgan fingerprint density at radius 2 is 2.21 bits per heavy atom. The first-order chi connectivity index (χ1) is 9.10. The van der Waals surface area contributed by atoms with Crippen LogP contribution < -0.4 is 10.5 Å². The second-order valence-electron chi connectivity index (χ2n) is 5.79. The first kappa shape index (κ1) is 12.5. The molecule has 1 saturated heterocycles. The number of benzene rings is 1. The largest absolute Gasteiger partial charge is 0.497 e. The maximum absolute atomic E-state index is 12.2. The smallest absolute Gasteiger partial charge is 0.227 e. The number of hydrogen-bond acceptors (Lipinski definition) is 3. The Morgan fingerprint density at radius 3 is 2.84 bits per heavy atom. The molecule has 1 amide bonds. The van der Waals surface area contributed by atoms with Crippen molar-refractivity contribution in [2.24, 2.45) is 11.7 Å². The van der Waals surface area contributed by atoms with Crippen LogP contribution in [0.25, 0.3) is 0 Å². The minimum absolute atomic E-state index is 0.0932. The molecule has 1 aliphatic heterocycles. The second kappa shape index (κ2) is 4.53.